The SMILES string of the molecule is CC(C)=C(C)C(C)(C)Oc1ccc(CC2(C)N(C(C)(C)C=Cc3ccccc3)C(C)(C)C(C)(C)CC2(C)C)cc1. The van der Waals surface area contributed by atoms with Gasteiger partial charge >= 0.3 is 0 Å². The van der Waals surface area contributed by atoms with Gasteiger partial charge in [-0.05, 0) is 122 Å². The molecule has 1 unspecified atom stereocenters. The fraction of sp³-hybridized carbons (Fsp3) is 0.579. The Balaban J connectivity index is 2.03. The zero-order valence-corrected chi connectivity index (χ0v) is 28.1. The van der Waals surface area contributed by atoms with E-state index in [0.29, 0.717) is 0 Å². The minimum absolute atomic E-state index is 0.0310. The van der Waals surface area contributed by atoms with Gasteiger partial charge in [-0.3, -0.25) is 4.90 Å². The second-order valence-electron chi connectivity index (χ2n) is 15.6. The molecule has 220 valence electrons. The Kier molecular flexibility index (Phi) is 8.71. The number of allylic oxidation sites excluding steroid dienone is 1. The fourth-order valence-electron chi connectivity index (χ4n) is 7.39. The first-order valence-electron chi connectivity index (χ1n) is 15.1. The van der Waals surface area contributed by atoms with Gasteiger partial charge in [0.15, 0.2) is 0 Å². The molecule has 1 aliphatic rings. The van der Waals surface area contributed by atoms with Gasteiger partial charge in [-0.15, -0.1) is 0 Å². The lowest BCUT2D eigenvalue weighted by molar-refractivity contribution is -0.204. The molecule has 2 nitrogen and oxygen atoms in total. The summed E-state index contributed by atoms with van der Waals surface area (Å²) < 4.78 is 6.47. The summed E-state index contributed by atoms with van der Waals surface area (Å²) in [5.41, 5.74) is 4.78. The van der Waals surface area contributed by atoms with Crippen LogP contribution in [0.1, 0.15) is 114 Å². The Bertz CT molecular complexity index is 1220. The van der Waals surface area contributed by atoms with Crippen molar-refractivity contribution in [3.63, 3.8) is 0 Å². The van der Waals surface area contributed by atoms with E-state index in [1.165, 1.54) is 22.3 Å². The first-order chi connectivity index (χ1) is 18.2. The van der Waals surface area contributed by atoms with Crippen molar-refractivity contribution in [2.75, 3.05) is 0 Å². The highest BCUT2D eigenvalue weighted by molar-refractivity contribution is 5.50. The van der Waals surface area contributed by atoms with Crippen LogP contribution >= 0.6 is 0 Å². The quantitative estimate of drug-likeness (QED) is 0.307. The molecule has 0 bridgehead atoms. The summed E-state index contributed by atoms with van der Waals surface area (Å²) in [6.07, 6.45) is 6.85. The van der Waals surface area contributed by atoms with E-state index >= 15 is 0 Å². The molecule has 2 aromatic carbocycles. The number of likely N-dealkylation sites (tertiary alicyclic amines) is 1. The summed E-state index contributed by atoms with van der Waals surface area (Å²) in [6, 6.07) is 19.6. The molecule has 1 aliphatic heterocycles. The zero-order chi connectivity index (χ0) is 30.4. The first kappa shape index (κ1) is 32.2. The molecule has 0 spiro atoms. The molecular weight excluding hydrogens is 486 g/mol. The van der Waals surface area contributed by atoms with E-state index in [4.69, 9.17) is 4.74 Å². The summed E-state index contributed by atoms with van der Waals surface area (Å²) in [4.78, 5) is 2.85. The molecule has 0 amide bonds. The number of hydrogen-bond donors (Lipinski definition) is 0. The molecule has 2 heteroatoms. The molecule has 0 aliphatic carbocycles. The number of ether oxygens (including phenoxy) is 1. The first-order valence-corrected chi connectivity index (χ1v) is 15.1. The van der Waals surface area contributed by atoms with E-state index in [9.17, 15) is 0 Å². The highest BCUT2D eigenvalue weighted by Crippen LogP contribution is 2.60. The van der Waals surface area contributed by atoms with Crippen molar-refractivity contribution < 1.29 is 4.74 Å². The predicted octanol–water partition coefficient (Wildman–Crippen LogP) is 10.5. The summed E-state index contributed by atoms with van der Waals surface area (Å²) in [7, 11) is 0. The van der Waals surface area contributed by atoms with Gasteiger partial charge < -0.3 is 4.74 Å². The molecule has 1 heterocycles. The van der Waals surface area contributed by atoms with E-state index < -0.39 is 0 Å². The van der Waals surface area contributed by atoms with Crippen LogP contribution in [0.15, 0.2) is 71.8 Å². The number of hydrogen-bond acceptors (Lipinski definition) is 2. The number of nitrogens with zero attached hydrogens (tertiary/aromatic N) is 1. The Morgan fingerprint density at radius 3 is 1.88 bits per heavy atom. The number of rotatable bonds is 8. The van der Waals surface area contributed by atoms with Crippen molar-refractivity contribution in [2.45, 2.75) is 132 Å². The van der Waals surface area contributed by atoms with E-state index in [0.717, 1.165) is 18.6 Å². The maximum Gasteiger partial charge on any atom is 0.124 e. The third-order valence-corrected chi connectivity index (χ3v) is 10.6. The Morgan fingerprint density at radius 2 is 1.35 bits per heavy atom. The van der Waals surface area contributed by atoms with E-state index in [2.05, 4.69) is 169 Å². The standard InChI is InChI=1S/C38H57NO/c1-28(2)29(3)36(10,11)40-32-22-20-31(21-23-32)26-38(14)34(6,7)27-33(4,5)37(12,13)39(38)35(8,9)25-24-30-18-16-15-17-19-30/h15-25H,26-27H2,1-14H3. The zero-order valence-electron chi connectivity index (χ0n) is 28.1. The minimum Gasteiger partial charge on any atom is -0.484 e. The third-order valence-electron chi connectivity index (χ3n) is 10.6. The van der Waals surface area contributed by atoms with Gasteiger partial charge in [0.2, 0.25) is 0 Å². The Labute approximate surface area is 246 Å². The average Bonchev–Trinajstić information content (AvgIpc) is 2.82. The number of benzene rings is 2. The number of piperidine rings is 1. The second kappa shape index (κ2) is 10.8. The van der Waals surface area contributed by atoms with E-state index in [-0.39, 0.29) is 33.0 Å². The van der Waals surface area contributed by atoms with Crippen LogP contribution in [0.3, 0.4) is 0 Å². The van der Waals surface area contributed by atoms with Gasteiger partial charge in [-0.2, -0.15) is 0 Å². The molecule has 2 aromatic rings. The van der Waals surface area contributed by atoms with Crippen molar-refractivity contribution >= 4 is 6.08 Å². The van der Waals surface area contributed by atoms with Crippen molar-refractivity contribution in [3.05, 3.63) is 82.9 Å². The lowest BCUT2D eigenvalue weighted by Gasteiger charge is -2.71. The maximum atomic E-state index is 6.47. The summed E-state index contributed by atoms with van der Waals surface area (Å²) in [5, 5.41) is 0. The van der Waals surface area contributed by atoms with Gasteiger partial charge in [0.05, 0.1) is 0 Å². The molecule has 0 saturated carbocycles. The smallest absolute Gasteiger partial charge is 0.124 e. The highest BCUT2D eigenvalue weighted by Gasteiger charge is 2.63. The van der Waals surface area contributed by atoms with Crippen molar-refractivity contribution in [1.29, 1.82) is 0 Å². The van der Waals surface area contributed by atoms with Crippen molar-refractivity contribution in [3.8, 4) is 5.75 Å². The molecule has 0 aromatic heterocycles. The molecule has 1 saturated heterocycles. The van der Waals surface area contributed by atoms with Gasteiger partial charge in [0, 0.05) is 16.6 Å². The molecular formula is C38H57NO. The van der Waals surface area contributed by atoms with E-state index in [1.807, 2.05) is 0 Å². The Hall–Kier alpha value is -2.32. The van der Waals surface area contributed by atoms with Gasteiger partial charge in [-0.25, -0.2) is 0 Å². The van der Waals surface area contributed by atoms with Crippen LogP contribution < -0.4 is 4.74 Å². The van der Waals surface area contributed by atoms with Crippen LogP contribution in [0, 0.1) is 10.8 Å². The van der Waals surface area contributed by atoms with Gasteiger partial charge in [0.25, 0.3) is 0 Å². The van der Waals surface area contributed by atoms with Crippen LogP contribution in [0.4, 0.5) is 0 Å². The highest BCUT2D eigenvalue weighted by atomic mass is 16.5. The molecule has 0 radical (unpaired) electrons. The van der Waals surface area contributed by atoms with Crippen LogP contribution in [0.2, 0.25) is 0 Å². The molecule has 3 rings (SSSR count). The largest absolute Gasteiger partial charge is 0.484 e. The third kappa shape index (κ3) is 6.13. The lowest BCUT2D eigenvalue weighted by atomic mass is 9.51. The molecule has 1 fully saturated rings. The van der Waals surface area contributed by atoms with Crippen LogP contribution in [0.25, 0.3) is 6.08 Å². The Morgan fingerprint density at radius 1 is 0.800 bits per heavy atom. The summed E-state index contributed by atoms with van der Waals surface area (Å²) in [5.74, 6) is 0.923. The van der Waals surface area contributed by atoms with Crippen LogP contribution in [-0.4, -0.2) is 27.1 Å². The van der Waals surface area contributed by atoms with E-state index in [1.54, 1.807) is 0 Å². The van der Waals surface area contributed by atoms with Crippen LogP contribution in [-0.2, 0) is 6.42 Å². The molecule has 40 heavy (non-hydrogen) atoms. The summed E-state index contributed by atoms with van der Waals surface area (Å²) >= 11 is 0. The van der Waals surface area contributed by atoms with Gasteiger partial charge in [0.1, 0.15) is 11.4 Å². The monoisotopic (exact) mass is 543 g/mol. The van der Waals surface area contributed by atoms with Crippen LogP contribution in [0.5, 0.6) is 5.75 Å². The van der Waals surface area contributed by atoms with Crippen molar-refractivity contribution in [2.24, 2.45) is 10.8 Å². The topological polar surface area (TPSA) is 12.5 Å². The summed E-state index contributed by atoms with van der Waals surface area (Å²) in [6.45, 7) is 32.9. The van der Waals surface area contributed by atoms with Crippen molar-refractivity contribution in [1.82, 2.24) is 4.90 Å². The minimum atomic E-state index is -0.334. The predicted molar refractivity (Wildman–Crippen MR) is 175 cm³/mol. The normalized spacial score (nSPS) is 22.8. The molecule has 0 N–H and O–H groups in total. The molecule has 1 atom stereocenters. The van der Waals surface area contributed by atoms with Gasteiger partial charge in [-0.1, -0.05) is 87.9 Å². The maximum absolute atomic E-state index is 6.47. The second-order valence-corrected chi connectivity index (χ2v) is 15.6. The lowest BCUT2D eigenvalue weighted by Crippen LogP contribution is -2.77. The fourth-order valence-corrected chi connectivity index (χ4v) is 7.39. The average molecular weight is 544 g/mol.